The second kappa shape index (κ2) is 5.92. The Labute approximate surface area is 116 Å². The Bertz CT molecular complexity index is 623. The number of nitrogens with one attached hydrogen (secondary N) is 1. The van der Waals surface area contributed by atoms with Gasteiger partial charge < -0.3 is 4.52 Å². The van der Waals surface area contributed by atoms with Crippen molar-refractivity contribution >= 4 is 5.91 Å². The summed E-state index contributed by atoms with van der Waals surface area (Å²) in [6, 6.07) is 5.64. The molecule has 0 saturated carbocycles. The lowest BCUT2D eigenvalue weighted by molar-refractivity contribution is -0.159. The smallest absolute Gasteiger partial charge is 0.329 e. The first kappa shape index (κ1) is 15.0. The quantitative estimate of drug-likeness (QED) is 0.878. The maximum Gasteiger partial charge on any atom is 0.471 e. The third-order valence-electron chi connectivity index (χ3n) is 2.38. The van der Waals surface area contributed by atoms with E-state index >= 15 is 0 Å². The summed E-state index contributed by atoms with van der Waals surface area (Å²) in [6.45, 7) is 2.02. The van der Waals surface area contributed by atoms with Crippen LogP contribution in [-0.2, 0) is 11.0 Å². The highest BCUT2D eigenvalue weighted by Crippen LogP contribution is 2.29. The van der Waals surface area contributed by atoms with Crippen LogP contribution in [0.2, 0.25) is 0 Å². The predicted molar refractivity (Wildman–Crippen MR) is 63.8 cm³/mol. The highest BCUT2D eigenvalue weighted by Gasteiger charge is 2.38. The summed E-state index contributed by atoms with van der Waals surface area (Å²) >= 11 is 0. The number of aromatic nitrogens is 2. The minimum Gasteiger partial charge on any atom is -0.329 e. The van der Waals surface area contributed by atoms with Crippen LogP contribution >= 0.6 is 0 Å². The van der Waals surface area contributed by atoms with Crippen molar-refractivity contribution in [1.82, 2.24) is 15.6 Å². The maximum atomic E-state index is 12.3. The van der Waals surface area contributed by atoms with Gasteiger partial charge in [-0.3, -0.25) is 9.63 Å². The van der Waals surface area contributed by atoms with Gasteiger partial charge in [-0.2, -0.15) is 18.2 Å². The summed E-state index contributed by atoms with van der Waals surface area (Å²) in [5.74, 6) is -2.10. The second-order valence-corrected chi connectivity index (χ2v) is 3.86. The number of hydroxylamine groups is 1. The van der Waals surface area contributed by atoms with Crippen molar-refractivity contribution in [1.29, 1.82) is 0 Å². The van der Waals surface area contributed by atoms with Gasteiger partial charge in [-0.15, -0.1) is 0 Å². The number of alkyl halides is 3. The fourth-order valence-electron chi connectivity index (χ4n) is 1.42. The number of rotatable bonds is 4. The van der Waals surface area contributed by atoms with Gasteiger partial charge in [0, 0.05) is 11.1 Å². The summed E-state index contributed by atoms with van der Waals surface area (Å²) in [4.78, 5) is 19.5. The first-order chi connectivity index (χ1) is 9.91. The Morgan fingerprint density at radius 1 is 1.33 bits per heavy atom. The molecule has 1 aromatic heterocycles. The number of halogens is 3. The normalized spacial score (nSPS) is 11.4. The average Bonchev–Trinajstić information content (AvgIpc) is 2.95. The summed E-state index contributed by atoms with van der Waals surface area (Å²) < 4.78 is 41.2. The van der Waals surface area contributed by atoms with Crippen molar-refractivity contribution in [2.75, 3.05) is 6.61 Å². The SMILES string of the molecule is CCONC(=O)c1ccc(-c2noc(C(F)(F)F)n2)cc1. The van der Waals surface area contributed by atoms with Crippen LogP contribution in [0.15, 0.2) is 28.8 Å². The number of hydrogen-bond donors (Lipinski definition) is 1. The van der Waals surface area contributed by atoms with E-state index in [-0.39, 0.29) is 11.4 Å². The van der Waals surface area contributed by atoms with E-state index in [1.54, 1.807) is 6.92 Å². The number of nitrogens with zero attached hydrogens (tertiary/aromatic N) is 2. The molecule has 0 aliphatic rings. The molecular formula is C12H10F3N3O3. The molecule has 0 spiro atoms. The first-order valence-corrected chi connectivity index (χ1v) is 5.85. The lowest BCUT2D eigenvalue weighted by atomic mass is 10.1. The lowest BCUT2D eigenvalue weighted by Crippen LogP contribution is -2.23. The Morgan fingerprint density at radius 3 is 2.52 bits per heavy atom. The molecule has 0 unspecified atom stereocenters. The number of benzene rings is 1. The van der Waals surface area contributed by atoms with Crippen molar-refractivity contribution in [3.05, 3.63) is 35.7 Å². The number of hydrogen-bond acceptors (Lipinski definition) is 5. The molecule has 9 heteroatoms. The lowest BCUT2D eigenvalue weighted by Gasteiger charge is -2.03. The number of carbonyl (C=O) groups is 1. The second-order valence-electron chi connectivity index (χ2n) is 3.86. The van der Waals surface area contributed by atoms with Gasteiger partial charge in [0.1, 0.15) is 0 Å². The minimum atomic E-state index is -4.69. The Balaban J connectivity index is 2.15. The number of carbonyl (C=O) groups excluding carboxylic acids is 1. The molecule has 1 amide bonds. The summed E-state index contributed by atoms with van der Waals surface area (Å²) in [7, 11) is 0. The maximum absolute atomic E-state index is 12.3. The minimum absolute atomic E-state index is 0.209. The fourth-order valence-corrected chi connectivity index (χ4v) is 1.42. The highest BCUT2D eigenvalue weighted by molar-refractivity contribution is 5.93. The van der Waals surface area contributed by atoms with E-state index in [0.717, 1.165) is 0 Å². The van der Waals surface area contributed by atoms with Gasteiger partial charge in [-0.25, -0.2) is 5.48 Å². The fraction of sp³-hybridized carbons (Fsp3) is 0.250. The third kappa shape index (κ3) is 3.57. The van der Waals surface area contributed by atoms with Crippen LogP contribution in [0.1, 0.15) is 23.2 Å². The molecule has 0 atom stereocenters. The van der Waals surface area contributed by atoms with E-state index in [1.165, 1.54) is 24.3 Å². The molecule has 0 aliphatic heterocycles. The van der Waals surface area contributed by atoms with E-state index in [9.17, 15) is 18.0 Å². The van der Waals surface area contributed by atoms with Crippen LogP contribution in [-0.4, -0.2) is 22.7 Å². The third-order valence-corrected chi connectivity index (χ3v) is 2.38. The Morgan fingerprint density at radius 2 is 2.00 bits per heavy atom. The Kier molecular flexibility index (Phi) is 4.22. The predicted octanol–water partition coefficient (Wildman–Crippen LogP) is 2.44. The molecule has 0 aliphatic carbocycles. The van der Waals surface area contributed by atoms with Crippen LogP contribution < -0.4 is 5.48 Å². The van der Waals surface area contributed by atoms with E-state index in [0.29, 0.717) is 12.2 Å². The van der Waals surface area contributed by atoms with Gasteiger partial charge in [0.25, 0.3) is 5.91 Å². The van der Waals surface area contributed by atoms with E-state index in [2.05, 4.69) is 20.1 Å². The average molecular weight is 301 g/mol. The van der Waals surface area contributed by atoms with E-state index in [4.69, 9.17) is 4.84 Å². The van der Waals surface area contributed by atoms with E-state index in [1.807, 2.05) is 0 Å². The van der Waals surface area contributed by atoms with Crippen LogP contribution in [0.3, 0.4) is 0 Å². The molecule has 0 fully saturated rings. The molecule has 6 nitrogen and oxygen atoms in total. The molecule has 21 heavy (non-hydrogen) atoms. The standard InChI is InChI=1S/C12H10F3N3O3/c1-2-20-18-10(19)8-5-3-7(4-6-8)9-16-11(21-17-9)12(13,14)15/h3-6H,2H2,1H3,(H,18,19). The van der Waals surface area contributed by atoms with Crippen molar-refractivity contribution in [3.63, 3.8) is 0 Å². The molecule has 0 radical (unpaired) electrons. The highest BCUT2D eigenvalue weighted by atomic mass is 19.4. The van der Waals surface area contributed by atoms with Crippen LogP contribution in [0.25, 0.3) is 11.4 Å². The monoisotopic (exact) mass is 301 g/mol. The first-order valence-electron chi connectivity index (χ1n) is 5.85. The van der Waals surface area contributed by atoms with Crippen molar-refractivity contribution < 1.29 is 27.3 Å². The molecule has 2 aromatic rings. The summed E-state index contributed by atoms with van der Waals surface area (Å²) in [5, 5.41) is 3.25. The van der Waals surface area contributed by atoms with Crippen molar-refractivity contribution in [3.8, 4) is 11.4 Å². The van der Waals surface area contributed by atoms with Crippen LogP contribution in [0, 0.1) is 0 Å². The zero-order valence-electron chi connectivity index (χ0n) is 10.8. The van der Waals surface area contributed by atoms with Gasteiger partial charge in [0.05, 0.1) is 6.61 Å². The molecular weight excluding hydrogens is 291 g/mol. The van der Waals surface area contributed by atoms with Gasteiger partial charge in [0.2, 0.25) is 5.82 Å². The Hall–Kier alpha value is -2.42. The molecule has 1 N–H and O–H groups in total. The largest absolute Gasteiger partial charge is 0.471 e. The molecule has 2 rings (SSSR count). The molecule has 0 saturated heterocycles. The zero-order valence-corrected chi connectivity index (χ0v) is 10.8. The van der Waals surface area contributed by atoms with Gasteiger partial charge in [0.15, 0.2) is 0 Å². The number of amides is 1. The summed E-state index contributed by atoms with van der Waals surface area (Å²) in [5.41, 5.74) is 2.77. The zero-order chi connectivity index (χ0) is 15.5. The molecule has 1 aromatic carbocycles. The van der Waals surface area contributed by atoms with E-state index < -0.39 is 18.0 Å². The van der Waals surface area contributed by atoms with Crippen molar-refractivity contribution in [2.45, 2.75) is 13.1 Å². The van der Waals surface area contributed by atoms with Crippen LogP contribution in [0.5, 0.6) is 0 Å². The molecule has 112 valence electrons. The summed E-state index contributed by atoms with van der Waals surface area (Å²) in [6.07, 6.45) is -4.69. The van der Waals surface area contributed by atoms with Gasteiger partial charge >= 0.3 is 12.1 Å². The van der Waals surface area contributed by atoms with Gasteiger partial charge in [-0.1, -0.05) is 17.3 Å². The van der Waals surface area contributed by atoms with Gasteiger partial charge in [-0.05, 0) is 19.1 Å². The molecule has 1 heterocycles. The topological polar surface area (TPSA) is 77.2 Å². The van der Waals surface area contributed by atoms with Crippen LogP contribution in [0.4, 0.5) is 13.2 Å². The van der Waals surface area contributed by atoms with Crippen molar-refractivity contribution in [2.24, 2.45) is 0 Å². The molecule has 0 bridgehead atoms.